The van der Waals surface area contributed by atoms with Gasteiger partial charge in [-0.1, -0.05) is 29.8 Å². The highest BCUT2D eigenvalue weighted by molar-refractivity contribution is 6.34. The quantitative estimate of drug-likeness (QED) is 0.723. The Balaban J connectivity index is 1.68. The van der Waals surface area contributed by atoms with Crippen LogP contribution in [0.2, 0.25) is 5.02 Å². The third-order valence-electron chi connectivity index (χ3n) is 3.65. The normalized spacial score (nSPS) is 10.4. The molecule has 2 aromatic heterocycles. The van der Waals surface area contributed by atoms with E-state index >= 15 is 0 Å². The lowest BCUT2D eigenvalue weighted by Gasteiger charge is -2.06. The zero-order chi connectivity index (χ0) is 18.5. The van der Waals surface area contributed by atoms with Crippen LogP contribution in [0, 0.1) is 0 Å². The van der Waals surface area contributed by atoms with Gasteiger partial charge in [0.25, 0.3) is 11.8 Å². The Bertz CT molecular complexity index is 940. The van der Waals surface area contributed by atoms with Gasteiger partial charge in [-0.15, -0.1) is 0 Å². The number of nitrogens with zero attached hydrogens (tertiary/aromatic N) is 3. The van der Waals surface area contributed by atoms with Crippen molar-refractivity contribution in [1.82, 2.24) is 20.1 Å². The van der Waals surface area contributed by atoms with Gasteiger partial charge in [0.15, 0.2) is 5.69 Å². The lowest BCUT2D eigenvalue weighted by molar-refractivity contribution is 0.0944. The monoisotopic (exact) mass is 369 g/mol. The summed E-state index contributed by atoms with van der Waals surface area (Å²) in [5.41, 5.74) is 1.42. The number of halogens is 1. The highest BCUT2D eigenvalue weighted by Gasteiger charge is 2.16. The maximum absolute atomic E-state index is 12.3. The summed E-state index contributed by atoms with van der Waals surface area (Å²) < 4.78 is 1.42. The lowest BCUT2D eigenvalue weighted by atomic mass is 10.2. The van der Waals surface area contributed by atoms with E-state index in [9.17, 15) is 9.59 Å². The van der Waals surface area contributed by atoms with E-state index in [2.05, 4.69) is 20.7 Å². The average Bonchev–Trinajstić information content (AvgIpc) is 3.01. The van der Waals surface area contributed by atoms with E-state index in [1.165, 1.54) is 10.7 Å². The molecule has 0 aliphatic heterocycles. The maximum Gasteiger partial charge on any atom is 0.272 e. The summed E-state index contributed by atoms with van der Waals surface area (Å²) in [5, 5.41) is 9.95. The summed E-state index contributed by atoms with van der Waals surface area (Å²) in [6.45, 7) is 0.338. The van der Waals surface area contributed by atoms with Crippen molar-refractivity contribution in [3.05, 3.63) is 76.7 Å². The van der Waals surface area contributed by atoms with Gasteiger partial charge < -0.3 is 10.6 Å². The van der Waals surface area contributed by atoms with Crippen LogP contribution in [0.4, 0.5) is 5.82 Å². The zero-order valence-corrected chi connectivity index (χ0v) is 14.7. The molecule has 1 aromatic carbocycles. The molecule has 132 valence electrons. The number of aromatic nitrogens is 3. The minimum absolute atomic E-state index is 0.200. The molecule has 0 unspecified atom stereocenters. The predicted octanol–water partition coefficient (Wildman–Crippen LogP) is 2.65. The minimum Gasteiger partial charge on any atom is -0.347 e. The number of nitrogens with one attached hydrogen (secondary N) is 2. The number of pyridine rings is 1. The molecule has 0 saturated carbocycles. The predicted molar refractivity (Wildman–Crippen MR) is 98.0 cm³/mol. The summed E-state index contributed by atoms with van der Waals surface area (Å²) in [6.07, 6.45) is 3.34. The number of amides is 2. The Morgan fingerprint density at radius 2 is 1.96 bits per heavy atom. The van der Waals surface area contributed by atoms with E-state index in [4.69, 9.17) is 11.6 Å². The molecule has 0 saturated heterocycles. The van der Waals surface area contributed by atoms with Crippen molar-refractivity contribution in [3.8, 4) is 0 Å². The number of benzene rings is 1. The fourth-order valence-corrected chi connectivity index (χ4v) is 2.52. The Hall–Kier alpha value is -3.19. The third-order valence-corrected chi connectivity index (χ3v) is 3.98. The van der Waals surface area contributed by atoms with Crippen molar-refractivity contribution in [2.24, 2.45) is 7.05 Å². The molecule has 0 aliphatic rings. The second-order valence-corrected chi connectivity index (χ2v) is 5.92. The van der Waals surface area contributed by atoms with Gasteiger partial charge in [-0.25, -0.2) is 0 Å². The molecule has 2 amide bonds. The molecule has 2 heterocycles. The van der Waals surface area contributed by atoms with Gasteiger partial charge in [-0.3, -0.25) is 19.3 Å². The van der Waals surface area contributed by atoms with E-state index in [1.807, 2.05) is 6.07 Å². The smallest absolute Gasteiger partial charge is 0.272 e. The minimum atomic E-state index is -0.374. The van der Waals surface area contributed by atoms with Gasteiger partial charge in [0.2, 0.25) is 0 Å². The summed E-state index contributed by atoms with van der Waals surface area (Å²) >= 11 is 6.03. The topological polar surface area (TPSA) is 88.9 Å². The van der Waals surface area contributed by atoms with Crippen molar-refractivity contribution in [1.29, 1.82) is 0 Å². The Morgan fingerprint density at radius 1 is 1.15 bits per heavy atom. The number of aryl methyl sites for hydroxylation is 1. The van der Waals surface area contributed by atoms with E-state index in [0.29, 0.717) is 22.9 Å². The number of anilines is 1. The van der Waals surface area contributed by atoms with Gasteiger partial charge in [-0.2, -0.15) is 5.10 Å². The summed E-state index contributed by atoms with van der Waals surface area (Å²) in [7, 11) is 1.64. The van der Waals surface area contributed by atoms with E-state index in [-0.39, 0.29) is 17.5 Å². The van der Waals surface area contributed by atoms with Crippen LogP contribution in [0.25, 0.3) is 0 Å². The molecule has 26 heavy (non-hydrogen) atoms. The molecule has 0 radical (unpaired) electrons. The number of carbonyl (C=O) groups excluding carboxylic acids is 2. The van der Waals surface area contributed by atoms with Gasteiger partial charge in [0, 0.05) is 32.1 Å². The maximum atomic E-state index is 12.3. The molecule has 0 atom stereocenters. The number of hydrogen-bond donors (Lipinski definition) is 2. The molecule has 0 bridgehead atoms. The zero-order valence-electron chi connectivity index (χ0n) is 13.9. The summed E-state index contributed by atoms with van der Waals surface area (Å²) in [5.74, 6) is -0.329. The molecular formula is C18H16ClN5O2. The van der Waals surface area contributed by atoms with Crippen molar-refractivity contribution < 1.29 is 9.59 Å². The Labute approximate surface area is 155 Å². The van der Waals surface area contributed by atoms with Crippen molar-refractivity contribution >= 4 is 29.2 Å². The van der Waals surface area contributed by atoms with E-state index < -0.39 is 0 Å². The first kappa shape index (κ1) is 17.6. The van der Waals surface area contributed by atoms with Gasteiger partial charge in [0.05, 0.1) is 10.6 Å². The number of carbonyl (C=O) groups is 2. The number of hydrogen-bond acceptors (Lipinski definition) is 4. The summed E-state index contributed by atoms with van der Waals surface area (Å²) in [4.78, 5) is 28.6. The van der Waals surface area contributed by atoms with Crippen LogP contribution in [0.15, 0.2) is 54.9 Å². The third kappa shape index (κ3) is 4.07. The molecule has 2 N–H and O–H groups in total. The van der Waals surface area contributed by atoms with Crippen LogP contribution in [-0.4, -0.2) is 26.6 Å². The molecular weight excluding hydrogens is 354 g/mol. The van der Waals surface area contributed by atoms with Gasteiger partial charge >= 0.3 is 0 Å². The molecule has 3 rings (SSSR count). The first-order chi connectivity index (χ1) is 12.5. The second kappa shape index (κ2) is 7.79. The van der Waals surface area contributed by atoms with Crippen molar-refractivity contribution in [3.63, 3.8) is 0 Å². The highest BCUT2D eigenvalue weighted by atomic mass is 35.5. The summed E-state index contributed by atoms with van der Waals surface area (Å²) in [6, 6.07) is 11.9. The van der Waals surface area contributed by atoms with Crippen LogP contribution in [0.3, 0.4) is 0 Å². The van der Waals surface area contributed by atoms with Crippen molar-refractivity contribution in [2.75, 3.05) is 5.32 Å². The van der Waals surface area contributed by atoms with E-state index in [1.54, 1.807) is 49.8 Å². The fraction of sp³-hybridized carbons (Fsp3) is 0.111. The number of rotatable bonds is 5. The molecule has 7 nitrogen and oxygen atoms in total. The van der Waals surface area contributed by atoms with Crippen LogP contribution in [0.5, 0.6) is 0 Å². The average molecular weight is 370 g/mol. The molecule has 8 heteroatoms. The highest BCUT2D eigenvalue weighted by Crippen LogP contribution is 2.17. The SMILES string of the molecule is Cn1nc(C(=O)NCc2cccnc2)cc1NC(=O)c1ccccc1Cl. The molecule has 0 fully saturated rings. The lowest BCUT2D eigenvalue weighted by Crippen LogP contribution is -2.23. The van der Waals surface area contributed by atoms with Crippen LogP contribution >= 0.6 is 11.6 Å². The largest absolute Gasteiger partial charge is 0.347 e. The Kier molecular flexibility index (Phi) is 5.28. The second-order valence-electron chi connectivity index (χ2n) is 5.52. The van der Waals surface area contributed by atoms with Crippen LogP contribution in [-0.2, 0) is 13.6 Å². The van der Waals surface area contributed by atoms with Crippen LogP contribution in [0.1, 0.15) is 26.4 Å². The van der Waals surface area contributed by atoms with Gasteiger partial charge in [0.1, 0.15) is 5.82 Å². The standard InChI is InChI=1S/C18H16ClN5O2/c1-24-16(22-17(25)13-6-2-3-7-14(13)19)9-15(23-24)18(26)21-11-12-5-4-8-20-10-12/h2-10H,11H2,1H3,(H,21,26)(H,22,25). The fourth-order valence-electron chi connectivity index (χ4n) is 2.30. The molecule has 0 spiro atoms. The first-order valence-corrected chi connectivity index (χ1v) is 8.19. The van der Waals surface area contributed by atoms with Gasteiger partial charge in [-0.05, 0) is 23.8 Å². The van der Waals surface area contributed by atoms with Crippen molar-refractivity contribution in [2.45, 2.75) is 6.54 Å². The molecule has 0 aliphatic carbocycles. The van der Waals surface area contributed by atoms with E-state index in [0.717, 1.165) is 5.56 Å². The first-order valence-electron chi connectivity index (χ1n) is 7.81. The Morgan fingerprint density at radius 3 is 2.69 bits per heavy atom. The molecule has 3 aromatic rings. The van der Waals surface area contributed by atoms with Crippen LogP contribution < -0.4 is 10.6 Å².